The molecule has 0 atom stereocenters. The molecule has 0 amide bonds. The van der Waals surface area contributed by atoms with E-state index in [1.165, 1.54) is 12.1 Å². The molecule has 0 aliphatic rings. The zero-order valence-electron chi connectivity index (χ0n) is 11.8. The Bertz CT molecular complexity index is 618. The molecule has 0 fully saturated rings. The first-order chi connectivity index (χ1) is 9.49. The van der Waals surface area contributed by atoms with E-state index in [9.17, 15) is 4.39 Å². The lowest BCUT2D eigenvalue weighted by Crippen LogP contribution is -2.15. The van der Waals surface area contributed by atoms with E-state index in [1.54, 1.807) is 24.9 Å². The quantitative estimate of drug-likeness (QED) is 0.924. The van der Waals surface area contributed by atoms with Crippen LogP contribution in [0.1, 0.15) is 5.56 Å². The predicted octanol–water partition coefficient (Wildman–Crippen LogP) is 2.22. The van der Waals surface area contributed by atoms with Gasteiger partial charge in [-0.2, -0.15) is 15.0 Å². The van der Waals surface area contributed by atoms with Gasteiger partial charge in [0.15, 0.2) is 0 Å². The van der Waals surface area contributed by atoms with Crippen LogP contribution in [0.25, 0.3) is 0 Å². The van der Waals surface area contributed by atoms with Gasteiger partial charge < -0.3 is 15.0 Å². The molecule has 0 saturated heterocycles. The molecule has 20 heavy (non-hydrogen) atoms. The second-order valence-electron chi connectivity index (χ2n) is 4.40. The first-order valence-corrected chi connectivity index (χ1v) is 6.04. The van der Waals surface area contributed by atoms with Crippen LogP contribution in [0.4, 0.5) is 16.3 Å². The van der Waals surface area contributed by atoms with E-state index in [0.717, 1.165) is 0 Å². The van der Waals surface area contributed by atoms with Crippen molar-refractivity contribution in [2.45, 2.75) is 6.92 Å². The normalized spacial score (nSPS) is 10.2. The summed E-state index contributed by atoms with van der Waals surface area (Å²) in [6, 6.07) is 4.62. The number of benzene rings is 1. The highest BCUT2D eigenvalue weighted by Crippen LogP contribution is 2.22. The Morgan fingerprint density at radius 2 is 1.95 bits per heavy atom. The minimum Gasteiger partial charge on any atom is -0.424 e. The van der Waals surface area contributed by atoms with Gasteiger partial charge in [0.1, 0.15) is 11.6 Å². The molecule has 1 heterocycles. The molecule has 0 saturated carbocycles. The summed E-state index contributed by atoms with van der Waals surface area (Å²) in [5, 5.41) is 2.84. The second kappa shape index (κ2) is 5.68. The van der Waals surface area contributed by atoms with Crippen molar-refractivity contribution in [1.29, 1.82) is 0 Å². The molecule has 0 aliphatic heterocycles. The molecule has 0 bridgehead atoms. The fourth-order valence-electron chi connectivity index (χ4n) is 1.49. The summed E-state index contributed by atoms with van der Waals surface area (Å²) >= 11 is 0. The van der Waals surface area contributed by atoms with Crippen LogP contribution in [0.3, 0.4) is 0 Å². The first-order valence-electron chi connectivity index (χ1n) is 6.04. The summed E-state index contributed by atoms with van der Waals surface area (Å²) in [7, 11) is 5.35. The molecule has 6 nitrogen and oxygen atoms in total. The van der Waals surface area contributed by atoms with Crippen molar-refractivity contribution >= 4 is 11.9 Å². The van der Waals surface area contributed by atoms with Crippen molar-refractivity contribution in [3.05, 3.63) is 29.6 Å². The van der Waals surface area contributed by atoms with E-state index in [0.29, 0.717) is 23.2 Å². The van der Waals surface area contributed by atoms with Crippen LogP contribution in [0.2, 0.25) is 0 Å². The van der Waals surface area contributed by atoms with Crippen LogP contribution in [0.5, 0.6) is 11.8 Å². The van der Waals surface area contributed by atoms with Crippen molar-refractivity contribution in [1.82, 2.24) is 15.0 Å². The Morgan fingerprint density at radius 1 is 1.20 bits per heavy atom. The fraction of sp³-hybridized carbons (Fsp3) is 0.308. The van der Waals surface area contributed by atoms with Gasteiger partial charge in [-0.3, -0.25) is 0 Å². The van der Waals surface area contributed by atoms with Gasteiger partial charge in [0, 0.05) is 21.1 Å². The van der Waals surface area contributed by atoms with E-state index < -0.39 is 0 Å². The molecular weight excluding hydrogens is 261 g/mol. The topological polar surface area (TPSA) is 63.2 Å². The number of nitrogens with one attached hydrogen (secondary N) is 1. The van der Waals surface area contributed by atoms with Gasteiger partial charge in [-0.15, -0.1) is 0 Å². The number of hydrogen-bond donors (Lipinski definition) is 1. The molecule has 1 N–H and O–H groups in total. The maximum atomic E-state index is 13.2. The molecule has 7 heteroatoms. The van der Waals surface area contributed by atoms with Crippen LogP contribution in [0, 0.1) is 12.7 Å². The number of hydrogen-bond acceptors (Lipinski definition) is 6. The van der Waals surface area contributed by atoms with Gasteiger partial charge in [-0.1, -0.05) is 0 Å². The lowest BCUT2D eigenvalue weighted by molar-refractivity contribution is 0.438. The van der Waals surface area contributed by atoms with Gasteiger partial charge in [0.25, 0.3) is 0 Å². The van der Waals surface area contributed by atoms with Crippen LogP contribution in [0.15, 0.2) is 18.2 Å². The average Bonchev–Trinajstić information content (AvgIpc) is 2.42. The second-order valence-corrected chi connectivity index (χ2v) is 4.40. The monoisotopic (exact) mass is 277 g/mol. The molecule has 0 aliphatic carbocycles. The summed E-state index contributed by atoms with van der Waals surface area (Å²) in [5.74, 6) is 1.07. The molecule has 2 rings (SSSR count). The SMILES string of the molecule is CNc1nc(Oc2ccc(F)c(C)c2)nc(N(C)C)n1. The molecule has 1 aromatic carbocycles. The number of anilines is 2. The Balaban J connectivity index is 2.32. The Labute approximate surface area is 116 Å². The van der Waals surface area contributed by atoms with Crippen molar-refractivity contribution in [2.75, 3.05) is 31.4 Å². The van der Waals surface area contributed by atoms with E-state index in [-0.39, 0.29) is 11.8 Å². The minimum absolute atomic E-state index is 0.152. The molecule has 0 radical (unpaired) electrons. The average molecular weight is 277 g/mol. The number of aryl methyl sites for hydroxylation is 1. The summed E-state index contributed by atoms with van der Waals surface area (Å²) in [6.45, 7) is 1.67. The smallest absolute Gasteiger partial charge is 0.328 e. The van der Waals surface area contributed by atoms with Crippen LogP contribution in [-0.4, -0.2) is 36.1 Å². The van der Waals surface area contributed by atoms with E-state index in [2.05, 4.69) is 20.3 Å². The first kappa shape index (κ1) is 14.0. The van der Waals surface area contributed by atoms with Crippen molar-refractivity contribution < 1.29 is 9.13 Å². The standard InChI is InChI=1S/C13H16FN5O/c1-8-7-9(5-6-10(8)14)20-13-17-11(15-2)16-12(18-13)19(3)4/h5-7H,1-4H3,(H,15,16,17,18). The van der Waals surface area contributed by atoms with Crippen molar-refractivity contribution in [2.24, 2.45) is 0 Å². The maximum Gasteiger partial charge on any atom is 0.328 e. The maximum absolute atomic E-state index is 13.2. The Morgan fingerprint density at radius 3 is 2.55 bits per heavy atom. The zero-order chi connectivity index (χ0) is 14.7. The summed E-state index contributed by atoms with van der Waals surface area (Å²) < 4.78 is 18.8. The third-order valence-corrected chi connectivity index (χ3v) is 2.57. The molecular formula is C13H16FN5O. The zero-order valence-corrected chi connectivity index (χ0v) is 11.8. The summed E-state index contributed by atoms with van der Waals surface area (Å²) in [4.78, 5) is 14.2. The molecule has 0 unspecified atom stereocenters. The summed E-state index contributed by atoms with van der Waals surface area (Å²) in [6.07, 6.45) is 0. The third kappa shape index (κ3) is 3.11. The number of nitrogens with zero attached hydrogens (tertiary/aromatic N) is 4. The van der Waals surface area contributed by atoms with E-state index in [1.807, 2.05) is 14.1 Å². The largest absolute Gasteiger partial charge is 0.424 e. The van der Waals surface area contributed by atoms with Crippen molar-refractivity contribution in [3.8, 4) is 11.8 Å². The predicted molar refractivity (Wildman–Crippen MR) is 74.9 cm³/mol. The highest BCUT2D eigenvalue weighted by atomic mass is 19.1. The third-order valence-electron chi connectivity index (χ3n) is 2.57. The van der Waals surface area contributed by atoms with Crippen LogP contribution >= 0.6 is 0 Å². The van der Waals surface area contributed by atoms with Crippen LogP contribution < -0.4 is 15.0 Å². The number of halogens is 1. The van der Waals surface area contributed by atoms with E-state index >= 15 is 0 Å². The van der Waals surface area contributed by atoms with Gasteiger partial charge in [-0.05, 0) is 30.7 Å². The lowest BCUT2D eigenvalue weighted by atomic mass is 10.2. The van der Waals surface area contributed by atoms with Gasteiger partial charge in [0.2, 0.25) is 11.9 Å². The fourth-order valence-corrected chi connectivity index (χ4v) is 1.49. The number of rotatable bonds is 4. The highest BCUT2D eigenvalue weighted by molar-refractivity contribution is 5.38. The molecule has 106 valence electrons. The molecule has 0 spiro atoms. The highest BCUT2D eigenvalue weighted by Gasteiger charge is 2.10. The Hall–Kier alpha value is -2.44. The van der Waals surface area contributed by atoms with Crippen LogP contribution in [-0.2, 0) is 0 Å². The minimum atomic E-state index is -0.280. The number of aromatic nitrogens is 3. The number of ether oxygens (including phenoxy) is 1. The van der Waals surface area contributed by atoms with Gasteiger partial charge in [0.05, 0.1) is 0 Å². The summed E-state index contributed by atoms with van der Waals surface area (Å²) in [5.41, 5.74) is 0.498. The van der Waals surface area contributed by atoms with E-state index in [4.69, 9.17) is 4.74 Å². The van der Waals surface area contributed by atoms with Gasteiger partial charge in [-0.25, -0.2) is 4.39 Å². The molecule has 1 aromatic heterocycles. The lowest BCUT2D eigenvalue weighted by Gasteiger charge is -2.12. The molecule has 2 aromatic rings. The Kier molecular flexibility index (Phi) is 3.97. The van der Waals surface area contributed by atoms with Gasteiger partial charge >= 0.3 is 6.01 Å². The van der Waals surface area contributed by atoms with Crippen molar-refractivity contribution in [3.63, 3.8) is 0 Å².